The van der Waals surface area contributed by atoms with Crippen molar-refractivity contribution in [1.29, 1.82) is 0 Å². The van der Waals surface area contributed by atoms with E-state index in [-0.39, 0.29) is 29.9 Å². The summed E-state index contributed by atoms with van der Waals surface area (Å²) in [6.45, 7) is 2.04. The molecule has 3 aromatic rings. The number of aryl methyl sites for hydroxylation is 1. The minimum Gasteiger partial charge on any atom is -0.497 e. The highest BCUT2D eigenvalue weighted by Crippen LogP contribution is 2.48. The molecule has 1 aliphatic heterocycles. The van der Waals surface area contributed by atoms with Gasteiger partial charge in [-0.2, -0.15) is 0 Å². The summed E-state index contributed by atoms with van der Waals surface area (Å²) in [5, 5.41) is 0. The maximum Gasteiger partial charge on any atom is 0.232 e. The third-order valence-electron chi connectivity index (χ3n) is 7.16. The average Bonchev–Trinajstić information content (AvgIpc) is 2.88. The van der Waals surface area contributed by atoms with Crippen LogP contribution >= 0.6 is 0 Å². The van der Waals surface area contributed by atoms with Gasteiger partial charge >= 0.3 is 0 Å². The molecule has 0 saturated carbocycles. The molecule has 3 aromatic carbocycles. The van der Waals surface area contributed by atoms with E-state index in [0.717, 1.165) is 28.0 Å². The lowest BCUT2D eigenvalue weighted by Crippen LogP contribution is -2.42. The second-order valence-electron chi connectivity index (χ2n) is 9.21. The van der Waals surface area contributed by atoms with Gasteiger partial charge in [0.2, 0.25) is 5.91 Å². The third kappa shape index (κ3) is 4.23. The van der Waals surface area contributed by atoms with Gasteiger partial charge in [-0.15, -0.1) is 0 Å². The second-order valence-corrected chi connectivity index (χ2v) is 9.21. The molecule has 2 aliphatic rings. The summed E-state index contributed by atoms with van der Waals surface area (Å²) >= 11 is 0. The number of Topliss-reactive ketones (excluding diaryl/α,β-unsaturated/α-hetero) is 1. The zero-order valence-electron chi connectivity index (χ0n) is 20.3. The van der Waals surface area contributed by atoms with Gasteiger partial charge < -0.3 is 9.47 Å². The number of hydrogen-bond donors (Lipinski definition) is 0. The monoisotopic (exact) mass is 467 g/mol. The van der Waals surface area contributed by atoms with E-state index in [1.165, 1.54) is 0 Å². The molecule has 1 amide bonds. The van der Waals surface area contributed by atoms with Gasteiger partial charge in [0.25, 0.3) is 0 Å². The van der Waals surface area contributed by atoms with Gasteiger partial charge in [-0.3, -0.25) is 14.5 Å². The number of carbonyl (C=O) groups excluding carboxylic acids is 2. The number of hydrogen-bond acceptors (Lipinski definition) is 4. The molecule has 0 radical (unpaired) electrons. The fraction of sp³-hybridized carbons (Fsp3) is 0.267. The normalized spacial score (nSPS) is 20.0. The largest absolute Gasteiger partial charge is 0.497 e. The SMILES string of the molecule is COc1cc(OC)cc(N2C(=O)CC(c3ccccc3C)C3=C2CC(c2ccccc2)CC3=O)c1. The molecule has 5 rings (SSSR count). The third-order valence-corrected chi connectivity index (χ3v) is 7.16. The first-order chi connectivity index (χ1) is 17.0. The predicted molar refractivity (Wildman–Crippen MR) is 136 cm³/mol. The molecule has 0 spiro atoms. The number of nitrogens with zero attached hydrogens (tertiary/aromatic N) is 1. The van der Waals surface area contributed by atoms with E-state index in [1.54, 1.807) is 25.2 Å². The van der Waals surface area contributed by atoms with E-state index in [9.17, 15) is 9.59 Å². The highest BCUT2D eigenvalue weighted by atomic mass is 16.5. The molecular weight excluding hydrogens is 438 g/mol. The zero-order chi connectivity index (χ0) is 24.5. The molecule has 2 unspecified atom stereocenters. The van der Waals surface area contributed by atoms with Crippen LogP contribution in [0.5, 0.6) is 11.5 Å². The van der Waals surface area contributed by atoms with Crippen LogP contribution in [-0.2, 0) is 9.59 Å². The summed E-state index contributed by atoms with van der Waals surface area (Å²) in [7, 11) is 3.18. The lowest BCUT2D eigenvalue weighted by molar-refractivity contribution is -0.120. The Labute approximate surface area is 206 Å². The minimum atomic E-state index is -0.244. The number of ketones is 1. The molecule has 0 bridgehead atoms. The van der Waals surface area contributed by atoms with Crippen molar-refractivity contribution < 1.29 is 19.1 Å². The zero-order valence-corrected chi connectivity index (χ0v) is 20.3. The van der Waals surface area contributed by atoms with Crippen LogP contribution in [0.2, 0.25) is 0 Å². The van der Waals surface area contributed by atoms with Crippen molar-refractivity contribution in [2.75, 3.05) is 19.1 Å². The van der Waals surface area contributed by atoms with Crippen molar-refractivity contribution in [2.45, 2.75) is 38.0 Å². The smallest absolute Gasteiger partial charge is 0.232 e. The summed E-state index contributed by atoms with van der Waals surface area (Å²) < 4.78 is 11.0. The van der Waals surface area contributed by atoms with Gasteiger partial charge in [0.15, 0.2) is 5.78 Å². The first-order valence-corrected chi connectivity index (χ1v) is 11.9. The molecule has 0 N–H and O–H groups in total. The molecule has 0 aromatic heterocycles. The highest BCUT2D eigenvalue weighted by Gasteiger charge is 2.43. The lowest BCUT2D eigenvalue weighted by atomic mass is 9.72. The Morgan fingerprint density at radius 1 is 0.800 bits per heavy atom. The first-order valence-electron chi connectivity index (χ1n) is 11.9. The van der Waals surface area contributed by atoms with Crippen LogP contribution in [0, 0.1) is 6.92 Å². The van der Waals surface area contributed by atoms with Crippen LogP contribution in [0.15, 0.2) is 84.1 Å². The van der Waals surface area contributed by atoms with Gasteiger partial charge in [0.05, 0.1) is 19.9 Å². The standard InChI is InChI=1S/C30H29NO4/c1-19-9-7-8-12-25(19)26-18-29(33)31(22-15-23(34-2)17-24(16-22)35-3)27-13-21(14-28(32)30(26)27)20-10-5-4-6-11-20/h4-12,15-17,21,26H,13-14,18H2,1-3H3. The van der Waals surface area contributed by atoms with Crippen molar-refractivity contribution in [3.8, 4) is 11.5 Å². The molecule has 1 heterocycles. The van der Waals surface area contributed by atoms with E-state index in [0.29, 0.717) is 30.0 Å². The van der Waals surface area contributed by atoms with Gasteiger partial charge in [0.1, 0.15) is 11.5 Å². The van der Waals surface area contributed by atoms with Gasteiger partial charge in [0, 0.05) is 48.2 Å². The maximum absolute atomic E-state index is 13.8. The Balaban J connectivity index is 1.69. The summed E-state index contributed by atoms with van der Waals surface area (Å²) in [5.41, 5.74) is 5.45. The van der Waals surface area contributed by atoms with Crippen molar-refractivity contribution in [2.24, 2.45) is 0 Å². The fourth-order valence-corrected chi connectivity index (χ4v) is 5.46. The average molecular weight is 468 g/mol. The van der Waals surface area contributed by atoms with E-state index in [2.05, 4.69) is 12.1 Å². The van der Waals surface area contributed by atoms with Crippen molar-refractivity contribution in [1.82, 2.24) is 0 Å². The van der Waals surface area contributed by atoms with Crippen LogP contribution < -0.4 is 14.4 Å². The molecular formula is C30H29NO4. The Bertz CT molecular complexity index is 1290. The topological polar surface area (TPSA) is 55.8 Å². The van der Waals surface area contributed by atoms with Crippen molar-refractivity contribution >= 4 is 17.4 Å². The van der Waals surface area contributed by atoms with Crippen LogP contribution in [0.1, 0.15) is 47.8 Å². The number of amides is 1. The highest BCUT2D eigenvalue weighted by molar-refractivity contribution is 6.08. The lowest BCUT2D eigenvalue weighted by Gasteiger charge is -2.41. The van der Waals surface area contributed by atoms with Gasteiger partial charge in [-0.05, 0) is 36.0 Å². The first kappa shape index (κ1) is 22.9. The van der Waals surface area contributed by atoms with E-state index in [4.69, 9.17) is 9.47 Å². The molecule has 0 fully saturated rings. The minimum absolute atomic E-state index is 0.0147. The Morgan fingerprint density at radius 3 is 2.11 bits per heavy atom. The van der Waals surface area contributed by atoms with E-state index < -0.39 is 0 Å². The summed E-state index contributed by atoms with van der Waals surface area (Å²) in [6, 6.07) is 23.6. The number of benzene rings is 3. The Kier molecular flexibility index (Phi) is 6.16. The van der Waals surface area contributed by atoms with E-state index in [1.807, 2.05) is 61.5 Å². The van der Waals surface area contributed by atoms with Crippen LogP contribution in [0.3, 0.4) is 0 Å². The summed E-state index contributed by atoms with van der Waals surface area (Å²) in [5.74, 6) is 1.04. The van der Waals surface area contributed by atoms with Crippen LogP contribution in [0.4, 0.5) is 5.69 Å². The Morgan fingerprint density at radius 2 is 1.46 bits per heavy atom. The summed E-state index contributed by atoms with van der Waals surface area (Å²) in [6.07, 6.45) is 1.29. The van der Waals surface area contributed by atoms with Crippen LogP contribution in [0.25, 0.3) is 0 Å². The molecule has 5 nitrogen and oxygen atoms in total. The number of anilines is 1. The molecule has 178 valence electrons. The quantitative estimate of drug-likeness (QED) is 0.466. The number of allylic oxidation sites excluding steroid dienone is 2. The predicted octanol–water partition coefficient (Wildman–Crippen LogP) is 5.93. The van der Waals surface area contributed by atoms with Crippen molar-refractivity contribution in [3.05, 3.63) is 101 Å². The van der Waals surface area contributed by atoms with Crippen molar-refractivity contribution in [3.63, 3.8) is 0 Å². The Hall–Kier alpha value is -3.86. The summed E-state index contributed by atoms with van der Waals surface area (Å²) in [4.78, 5) is 29.3. The van der Waals surface area contributed by atoms with Gasteiger partial charge in [-0.25, -0.2) is 0 Å². The maximum atomic E-state index is 13.8. The van der Waals surface area contributed by atoms with E-state index >= 15 is 0 Å². The molecule has 35 heavy (non-hydrogen) atoms. The number of ether oxygens (including phenoxy) is 2. The molecule has 0 saturated heterocycles. The van der Waals surface area contributed by atoms with Crippen LogP contribution in [-0.4, -0.2) is 25.9 Å². The number of carbonyl (C=O) groups is 2. The second kappa shape index (κ2) is 9.41. The number of rotatable bonds is 5. The molecule has 1 aliphatic carbocycles. The number of methoxy groups -OCH3 is 2. The molecule has 2 atom stereocenters. The fourth-order valence-electron chi connectivity index (χ4n) is 5.46. The van der Waals surface area contributed by atoms with Gasteiger partial charge in [-0.1, -0.05) is 54.6 Å². The molecule has 5 heteroatoms.